The Morgan fingerprint density at radius 2 is 2.12 bits per heavy atom. The summed E-state index contributed by atoms with van der Waals surface area (Å²) in [6.45, 7) is 2.36. The molecule has 1 atom stereocenters. The SMILES string of the molecule is CC1CCc2c(sc3nc(-c4ccccc4)n(CCC(=O)O)c(=O)c23)C1. The molecule has 134 valence electrons. The number of carboxylic acids is 1. The van der Waals surface area contributed by atoms with Gasteiger partial charge in [0.1, 0.15) is 10.7 Å². The summed E-state index contributed by atoms with van der Waals surface area (Å²) in [6.07, 6.45) is 2.87. The summed E-state index contributed by atoms with van der Waals surface area (Å²) < 4.78 is 1.54. The predicted octanol–water partition coefficient (Wildman–Crippen LogP) is 3.72. The zero-order valence-corrected chi connectivity index (χ0v) is 15.4. The molecule has 1 aliphatic carbocycles. The van der Waals surface area contributed by atoms with Crippen LogP contribution in [0.5, 0.6) is 0 Å². The van der Waals surface area contributed by atoms with Crippen LogP contribution in [0.15, 0.2) is 35.1 Å². The minimum atomic E-state index is -0.919. The molecule has 0 aliphatic heterocycles. The molecule has 0 fully saturated rings. The average molecular weight is 368 g/mol. The molecular formula is C20H20N2O3S. The molecule has 1 unspecified atom stereocenters. The lowest BCUT2D eigenvalue weighted by molar-refractivity contribution is -0.137. The summed E-state index contributed by atoms with van der Waals surface area (Å²) in [6, 6.07) is 9.51. The van der Waals surface area contributed by atoms with E-state index in [4.69, 9.17) is 10.1 Å². The first kappa shape index (κ1) is 17.0. The zero-order valence-electron chi connectivity index (χ0n) is 14.6. The van der Waals surface area contributed by atoms with E-state index in [1.54, 1.807) is 11.3 Å². The van der Waals surface area contributed by atoms with Crippen LogP contribution in [0, 0.1) is 5.92 Å². The van der Waals surface area contributed by atoms with Gasteiger partial charge in [-0.15, -0.1) is 11.3 Å². The predicted molar refractivity (Wildman–Crippen MR) is 103 cm³/mol. The maximum atomic E-state index is 13.3. The van der Waals surface area contributed by atoms with Gasteiger partial charge < -0.3 is 5.11 Å². The highest BCUT2D eigenvalue weighted by molar-refractivity contribution is 7.18. The van der Waals surface area contributed by atoms with Crippen LogP contribution in [0.1, 0.15) is 30.2 Å². The number of hydrogen-bond acceptors (Lipinski definition) is 4. The lowest BCUT2D eigenvalue weighted by Gasteiger charge is -2.17. The summed E-state index contributed by atoms with van der Waals surface area (Å²) in [7, 11) is 0. The number of rotatable bonds is 4. The summed E-state index contributed by atoms with van der Waals surface area (Å²) in [5.41, 5.74) is 1.85. The van der Waals surface area contributed by atoms with Crippen molar-refractivity contribution < 1.29 is 9.90 Å². The van der Waals surface area contributed by atoms with Gasteiger partial charge in [-0.05, 0) is 30.7 Å². The quantitative estimate of drug-likeness (QED) is 0.762. The summed E-state index contributed by atoms with van der Waals surface area (Å²) >= 11 is 1.62. The van der Waals surface area contributed by atoms with Gasteiger partial charge in [-0.2, -0.15) is 0 Å². The Morgan fingerprint density at radius 1 is 1.35 bits per heavy atom. The van der Waals surface area contributed by atoms with Crippen LogP contribution in [-0.4, -0.2) is 20.6 Å². The lowest BCUT2D eigenvalue weighted by Crippen LogP contribution is -2.25. The fourth-order valence-electron chi connectivity index (χ4n) is 3.65. The van der Waals surface area contributed by atoms with E-state index in [2.05, 4.69) is 6.92 Å². The van der Waals surface area contributed by atoms with Gasteiger partial charge in [0.05, 0.1) is 11.8 Å². The highest BCUT2D eigenvalue weighted by Gasteiger charge is 2.25. The van der Waals surface area contributed by atoms with E-state index >= 15 is 0 Å². The van der Waals surface area contributed by atoms with Crippen LogP contribution >= 0.6 is 11.3 Å². The Hall–Kier alpha value is -2.47. The number of aryl methyl sites for hydroxylation is 1. The molecule has 0 spiro atoms. The molecule has 2 aromatic heterocycles. The van der Waals surface area contributed by atoms with Crippen molar-refractivity contribution in [3.05, 3.63) is 51.1 Å². The molecule has 0 saturated heterocycles. The maximum absolute atomic E-state index is 13.3. The maximum Gasteiger partial charge on any atom is 0.305 e. The summed E-state index contributed by atoms with van der Waals surface area (Å²) in [4.78, 5) is 31.2. The van der Waals surface area contributed by atoms with Crippen LogP contribution in [0.25, 0.3) is 21.6 Å². The van der Waals surface area contributed by atoms with E-state index in [9.17, 15) is 9.59 Å². The molecule has 2 heterocycles. The summed E-state index contributed by atoms with van der Waals surface area (Å²) in [5.74, 6) is 0.256. The van der Waals surface area contributed by atoms with E-state index < -0.39 is 5.97 Å². The Labute approximate surface area is 154 Å². The molecule has 1 aromatic carbocycles. The highest BCUT2D eigenvalue weighted by atomic mass is 32.1. The normalized spacial score (nSPS) is 16.6. The third kappa shape index (κ3) is 2.94. The Kier molecular flexibility index (Phi) is 4.36. The number of hydrogen-bond donors (Lipinski definition) is 1. The van der Waals surface area contributed by atoms with Crippen molar-refractivity contribution in [3.63, 3.8) is 0 Å². The highest BCUT2D eigenvalue weighted by Crippen LogP contribution is 2.36. The van der Waals surface area contributed by atoms with Gasteiger partial charge in [-0.3, -0.25) is 14.2 Å². The number of thiophene rings is 1. The molecular weight excluding hydrogens is 348 g/mol. The second-order valence-corrected chi connectivity index (χ2v) is 8.02. The fraction of sp³-hybridized carbons (Fsp3) is 0.350. The van der Waals surface area contributed by atoms with Crippen LogP contribution < -0.4 is 5.56 Å². The lowest BCUT2D eigenvalue weighted by atomic mass is 9.89. The van der Waals surface area contributed by atoms with Gasteiger partial charge in [0, 0.05) is 17.0 Å². The molecule has 1 N–H and O–H groups in total. The topological polar surface area (TPSA) is 72.2 Å². The molecule has 5 nitrogen and oxygen atoms in total. The monoisotopic (exact) mass is 368 g/mol. The van der Waals surface area contributed by atoms with E-state index in [-0.39, 0.29) is 18.5 Å². The largest absolute Gasteiger partial charge is 0.481 e. The number of nitrogens with zero attached hydrogens (tertiary/aromatic N) is 2. The van der Waals surface area contributed by atoms with Crippen molar-refractivity contribution in [2.45, 2.75) is 39.2 Å². The van der Waals surface area contributed by atoms with Crippen molar-refractivity contribution in [1.82, 2.24) is 9.55 Å². The number of aromatic nitrogens is 2. The Balaban J connectivity index is 1.96. The van der Waals surface area contributed by atoms with Crippen LogP contribution in [0.2, 0.25) is 0 Å². The molecule has 1 aliphatic rings. The Bertz CT molecular complexity index is 1040. The third-order valence-corrected chi connectivity index (χ3v) is 6.14. The fourth-order valence-corrected chi connectivity index (χ4v) is 5.02. The van der Waals surface area contributed by atoms with Gasteiger partial charge in [0.25, 0.3) is 5.56 Å². The van der Waals surface area contributed by atoms with Gasteiger partial charge in [0.2, 0.25) is 0 Å². The van der Waals surface area contributed by atoms with E-state index in [0.717, 1.165) is 35.2 Å². The van der Waals surface area contributed by atoms with E-state index in [1.807, 2.05) is 30.3 Å². The van der Waals surface area contributed by atoms with Gasteiger partial charge in [-0.25, -0.2) is 4.98 Å². The van der Waals surface area contributed by atoms with E-state index in [1.165, 1.54) is 9.44 Å². The number of fused-ring (bicyclic) bond motifs is 3. The first-order chi connectivity index (χ1) is 12.5. The van der Waals surface area contributed by atoms with Crippen LogP contribution in [0.4, 0.5) is 0 Å². The molecule has 6 heteroatoms. The Morgan fingerprint density at radius 3 is 2.85 bits per heavy atom. The zero-order chi connectivity index (χ0) is 18.3. The number of aliphatic carboxylic acids is 1. The number of benzene rings is 1. The molecule has 3 aromatic rings. The van der Waals surface area contributed by atoms with E-state index in [0.29, 0.717) is 17.1 Å². The van der Waals surface area contributed by atoms with Crippen LogP contribution in [-0.2, 0) is 24.2 Å². The number of carbonyl (C=O) groups is 1. The summed E-state index contributed by atoms with van der Waals surface area (Å²) in [5, 5.41) is 9.78. The minimum absolute atomic E-state index is 0.101. The molecule has 4 rings (SSSR count). The smallest absolute Gasteiger partial charge is 0.305 e. The minimum Gasteiger partial charge on any atom is -0.481 e. The number of carboxylic acid groups (broad SMARTS) is 1. The third-order valence-electron chi connectivity index (χ3n) is 5.00. The molecule has 26 heavy (non-hydrogen) atoms. The molecule has 0 bridgehead atoms. The molecule has 0 radical (unpaired) electrons. The second kappa shape index (κ2) is 6.68. The van der Waals surface area contributed by atoms with Gasteiger partial charge in [0.15, 0.2) is 0 Å². The van der Waals surface area contributed by atoms with Gasteiger partial charge in [-0.1, -0.05) is 37.3 Å². The van der Waals surface area contributed by atoms with Crippen molar-refractivity contribution in [2.75, 3.05) is 0 Å². The molecule has 0 saturated carbocycles. The molecule has 0 amide bonds. The van der Waals surface area contributed by atoms with Crippen molar-refractivity contribution >= 4 is 27.5 Å². The van der Waals surface area contributed by atoms with Crippen molar-refractivity contribution in [1.29, 1.82) is 0 Å². The first-order valence-electron chi connectivity index (χ1n) is 8.87. The standard InChI is InChI=1S/C20H20N2O3S/c1-12-7-8-14-15(11-12)26-19-17(14)20(25)22(10-9-16(23)24)18(21-19)13-5-3-2-4-6-13/h2-6,12H,7-11H2,1H3,(H,23,24). The second-order valence-electron chi connectivity index (χ2n) is 6.93. The van der Waals surface area contributed by atoms with Gasteiger partial charge >= 0.3 is 5.97 Å². The van der Waals surface area contributed by atoms with Crippen molar-refractivity contribution in [2.24, 2.45) is 5.92 Å². The van der Waals surface area contributed by atoms with Crippen molar-refractivity contribution in [3.8, 4) is 11.4 Å². The average Bonchev–Trinajstić information content (AvgIpc) is 2.98. The van der Waals surface area contributed by atoms with Crippen LogP contribution in [0.3, 0.4) is 0 Å². The first-order valence-corrected chi connectivity index (χ1v) is 9.68.